The van der Waals surface area contributed by atoms with Gasteiger partial charge in [0, 0.05) is 23.9 Å². The van der Waals surface area contributed by atoms with Gasteiger partial charge in [0.2, 0.25) is 21.9 Å². The molecule has 0 radical (unpaired) electrons. The normalized spacial score (nSPS) is 16.1. The van der Waals surface area contributed by atoms with Crippen molar-refractivity contribution in [1.82, 2.24) is 19.9 Å². The number of anilines is 2. The van der Waals surface area contributed by atoms with Crippen LogP contribution in [0.15, 0.2) is 42.9 Å². The average molecular weight is 497 g/mol. The Labute approximate surface area is 202 Å². The van der Waals surface area contributed by atoms with E-state index in [1.165, 1.54) is 24.4 Å². The molecule has 0 aliphatic heterocycles. The number of aromatic nitrogens is 4. The van der Waals surface area contributed by atoms with Gasteiger partial charge in [-0.2, -0.15) is 0 Å². The minimum absolute atomic E-state index is 0.0156. The predicted molar refractivity (Wildman–Crippen MR) is 129 cm³/mol. The molecule has 0 atom stereocenters. The average Bonchev–Trinajstić information content (AvgIpc) is 3.72. The Balaban J connectivity index is 1.32. The van der Waals surface area contributed by atoms with Crippen molar-refractivity contribution in [2.75, 3.05) is 10.0 Å². The summed E-state index contributed by atoms with van der Waals surface area (Å²) in [4.78, 5) is 30.1. The van der Waals surface area contributed by atoms with Gasteiger partial charge in [0.1, 0.15) is 5.82 Å². The van der Waals surface area contributed by atoms with Gasteiger partial charge in [-0.3, -0.25) is 14.5 Å². The fourth-order valence-electron chi connectivity index (χ4n) is 3.61. The highest BCUT2D eigenvalue weighted by Crippen LogP contribution is 2.39. The predicted octanol–water partition coefficient (Wildman–Crippen LogP) is 3.77. The van der Waals surface area contributed by atoms with Crippen LogP contribution in [0, 0.1) is 5.82 Å². The van der Waals surface area contributed by atoms with Crippen molar-refractivity contribution in [3.05, 3.63) is 60.1 Å². The van der Waals surface area contributed by atoms with Crippen LogP contribution in [0.1, 0.15) is 56.8 Å². The summed E-state index contributed by atoms with van der Waals surface area (Å²) in [5.74, 6) is -0.778. The molecule has 9 nitrogen and oxygen atoms in total. The molecule has 0 saturated heterocycles. The lowest BCUT2D eigenvalue weighted by molar-refractivity contribution is -0.120. The molecule has 2 aliphatic carbocycles. The number of halogens is 1. The first-order valence-corrected chi connectivity index (χ1v) is 13.0. The van der Waals surface area contributed by atoms with Gasteiger partial charge in [-0.1, -0.05) is 6.07 Å². The first-order valence-electron chi connectivity index (χ1n) is 11.4. The summed E-state index contributed by atoms with van der Waals surface area (Å²) < 4.78 is 41.7. The number of nitrogens with one attached hydrogen (secondary N) is 2. The van der Waals surface area contributed by atoms with Crippen LogP contribution in [0.5, 0.6) is 0 Å². The van der Waals surface area contributed by atoms with E-state index < -0.39 is 32.4 Å². The van der Waals surface area contributed by atoms with Gasteiger partial charge in [0.25, 0.3) is 0 Å². The van der Waals surface area contributed by atoms with Crippen LogP contribution in [0.25, 0.3) is 11.3 Å². The van der Waals surface area contributed by atoms with Crippen LogP contribution in [0.2, 0.25) is 0 Å². The monoisotopic (exact) mass is 496 g/mol. The third kappa shape index (κ3) is 5.00. The molecule has 3 aromatic rings. The van der Waals surface area contributed by atoms with E-state index in [9.17, 15) is 17.6 Å². The van der Waals surface area contributed by atoms with Gasteiger partial charge in [-0.25, -0.2) is 27.8 Å². The maximum absolute atomic E-state index is 14.9. The molecule has 2 aliphatic rings. The molecule has 2 saturated carbocycles. The van der Waals surface area contributed by atoms with E-state index in [1.54, 1.807) is 32.3 Å². The van der Waals surface area contributed by atoms with Crippen LogP contribution < -0.4 is 10.0 Å². The number of rotatable bonds is 8. The molecule has 1 aromatic carbocycles. The molecule has 0 bridgehead atoms. The Bertz CT molecular complexity index is 1400. The number of benzene rings is 1. The van der Waals surface area contributed by atoms with Gasteiger partial charge < -0.3 is 5.32 Å². The highest BCUT2D eigenvalue weighted by molar-refractivity contribution is 7.93. The third-order valence-corrected chi connectivity index (χ3v) is 8.04. The largest absolute Gasteiger partial charge is 0.323 e. The van der Waals surface area contributed by atoms with Crippen molar-refractivity contribution in [3.8, 4) is 11.3 Å². The molecule has 1 amide bonds. The van der Waals surface area contributed by atoms with Crippen LogP contribution in [-0.4, -0.2) is 39.5 Å². The quantitative estimate of drug-likeness (QED) is 0.486. The highest BCUT2D eigenvalue weighted by atomic mass is 32.2. The molecule has 182 valence electrons. The van der Waals surface area contributed by atoms with E-state index in [4.69, 9.17) is 0 Å². The van der Waals surface area contributed by atoms with Crippen LogP contribution in [0.4, 0.5) is 16.0 Å². The minimum atomic E-state index is -3.54. The smallest absolute Gasteiger partial charge is 0.237 e. The second-order valence-electron chi connectivity index (χ2n) is 9.49. The Morgan fingerprint density at radius 2 is 1.86 bits per heavy atom. The van der Waals surface area contributed by atoms with Crippen molar-refractivity contribution in [1.29, 1.82) is 0 Å². The summed E-state index contributed by atoms with van der Waals surface area (Å²) in [7, 11) is -3.54. The lowest BCUT2D eigenvalue weighted by Crippen LogP contribution is -2.36. The molecule has 2 N–H and O–H groups in total. The van der Waals surface area contributed by atoms with Crippen molar-refractivity contribution in [2.45, 2.75) is 56.1 Å². The zero-order valence-corrected chi connectivity index (χ0v) is 20.1. The zero-order valence-electron chi connectivity index (χ0n) is 19.3. The van der Waals surface area contributed by atoms with Gasteiger partial charge in [0.15, 0.2) is 0 Å². The van der Waals surface area contributed by atoms with E-state index in [0.29, 0.717) is 35.7 Å². The second kappa shape index (κ2) is 8.63. The molecule has 2 heterocycles. The topological polar surface area (TPSA) is 127 Å². The lowest BCUT2D eigenvalue weighted by atomic mass is 9.88. The van der Waals surface area contributed by atoms with Crippen LogP contribution in [-0.2, 0) is 20.2 Å². The Hall–Kier alpha value is -3.47. The molecule has 0 spiro atoms. The number of sulfonamides is 1. The molecular formula is C24H25FN6O3S. The highest BCUT2D eigenvalue weighted by Gasteiger charge is 2.37. The van der Waals surface area contributed by atoms with Crippen molar-refractivity contribution < 1.29 is 17.6 Å². The minimum Gasteiger partial charge on any atom is -0.323 e. The molecule has 0 unspecified atom stereocenters. The maximum Gasteiger partial charge on any atom is 0.237 e. The van der Waals surface area contributed by atoms with Crippen molar-refractivity contribution in [3.63, 3.8) is 0 Å². The Kier molecular flexibility index (Phi) is 5.74. The maximum atomic E-state index is 14.9. The van der Waals surface area contributed by atoms with Crippen molar-refractivity contribution >= 4 is 27.6 Å². The number of nitrogens with zero attached hydrogens (tertiary/aromatic N) is 4. The first kappa shape index (κ1) is 23.3. The SMILES string of the molecule is CC(C)(C(=O)Nc1ccc(-c2cncc(C3CC3)n2)cc1F)c1ccnc(NS(=O)(=O)C2CC2)n1. The van der Waals surface area contributed by atoms with Gasteiger partial charge in [-0.15, -0.1) is 0 Å². The van der Waals surface area contributed by atoms with E-state index in [0.717, 1.165) is 18.5 Å². The number of hydrogen-bond acceptors (Lipinski definition) is 7. The Morgan fingerprint density at radius 1 is 1.09 bits per heavy atom. The van der Waals surface area contributed by atoms with Gasteiger partial charge >= 0.3 is 0 Å². The van der Waals surface area contributed by atoms with Crippen LogP contribution >= 0.6 is 0 Å². The fourth-order valence-corrected chi connectivity index (χ4v) is 4.89. The van der Waals surface area contributed by atoms with E-state index in [2.05, 4.69) is 30.0 Å². The number of carbonyl (C=O) groups is 1. The lowest BCUT2D eigenvalue weighted by Gasteiger charge is -2.23. The summed E-state index contributed by atoms with van der Waals surface area (Å²) in [5.41, 5.74) is 1.17. The number of hydrogen-bond donors (Lipinski definition) is 2. The van der Waals surface area contributed by atoms with E-state index in [-0.39, 0.29) is 11.6 Å². The third-order valence-electron chi connectivity index (χ3n) is 6.22. The summed E-state index contributed by atoms with van der Waals surface area (Å²) in [6, 6.07) is 6.01. The molecule has 5 rings (SSSR count). The molecular weight excluding hydrogens is 471 g/mol. The van der Waals surface area contributed by atoms with Crippen molar-refractivity contribution in [2.24, 2.45) is 0 Å². The molecule has 2 aromatic heterocycles. The number of carbonyl (C=O) groups excluding carboxylic acids is 1. The summed E-state index contributed by atoms with van der Waals surface area (Å²) in [6.07, 6.45) is 8.10. The first-order chi connectivity index (χ1) is 16.6. The fraction of sp³-hybridized carbons (Fsp3) is 0.375. The zero-order chi connectivity index (χ0) is 24.8. The summed E-state index contributed by atoms with van der Waals surface area (Å²) in [5, 5.41) is 2.18. The molecule has 2 fully saturated rings. The van der Waals surface area contributed by atoms with E-state index in [1.807, 2.05) is 0 Å². The Morgan fingerprint density at radius 3 is 2.54 bits per heavy atom. The summed E-state index contributed by atoms with van der Waals surface area (Å²) in [6.45, 7) is 3.24. The molecule has 35 heavy (non-hydrogen) atoms. The molecule has 11 heteroatoms. The standard InChI is InChI=1S/C24H25FN6O3S/c1-24(2,21-9-10-27-23(30-21)31-35(33,34)16-6-7-16)22(32)29-18-8-5-15(11-17(18)25)20-13-26-12-19(28-20)14-3-4-14/h5,8-14,16H,3-4,6-7H2,1-2H3,(H,29,32)(H,27,30,31). The van der Waals surface area contributed by atoms with Crippen LogP contribution in [0.3, 0.4) is 0 Å². The van der Waals surface area contributed by atoms with E-state index >= 15 is 0 Å². The summed E-state index contributed by atoms with van der Waals surface area (Å²) >= 11 is 0. The van der Waals surface area contributed by atoms with Gasteiger partial charge in [-0.05, 0) is 57.7 Å². The number of amides is 1. The van der Waals surface area contributed by atoms with Gasteiger partial charge in [0.05, 0.1) is 39.6 Å². The second-order valence-corrected chi connectivity index (χ2v) is 11.4.